The number of hydrogen-bond acceptors (Lipinski definition) is 2. The van der Waals surface area contributed by atoms with Gasteiger partial charge in [0.05, 0.1) is 10.9 Å². The second-order valence-corrected chi connectivity index (χ2v) is 7.26. The number of H-pyrrole nitrogens is 1. The third kappa shape index (κ3) is 3.54. The zero-order valence-corrected chi connectivity index (χ0v) is 15.2. The van der Waals surface area contributed by atoms with E-state index in [0.717, 1.165) is 44.1 Å². The van der Waals surface area contributed by atoms with Crippen LogP contribution in [0.3, 0.4) is 0 Å². The average molecular weight is 350 g/mol. The fraction of sp³-hybridized carbons (Fsp3) is 0.333. The number of hydrogen-bond donors (Lipinski definition) is 3. The van der Waals surface area contributed by atoms with Crippen LogP contribution >= 0.6 is 0 Å². The Morgan fingerprint density at radius 2 is 1.69 bits per heavy atom. The van der Waals surface area contributed by atoms with E-state index in [-0.39, 0.29) is 11.6 Å². The van der Waals surface area contributed by atoms with Crippen molar-refractivity contribution < 1.29 is 9.80 Å². The van der Waals surface area contributed by atoms with E-state index in [1.165, 1.54) is 10.5 Å². The minimum atomic E-state index is -0.0369. The highest BCUT2D eigenvalue weighted by molar-refractivity contribution is 5.77. The third-order valence-electron chi connectivity index (χ3n) is 5.55. The molecule has 0 spiro atoms. The number of nitrogens with one attached hydrogen (secondary N) is 3. The second-order valence-electron chi connectivity index (χ2n) is 7.26. The fourth-order valence-corrected chi connectivity index (χ4v) is 3.92. The zero-order valence-electron chi connectivity index (χ0n) is 15.2. The van der Waals surface area contributed by atoms with E-state index < -0.39 is 0 Å². The third-order valence-corrected chi connectivity index (χ3v) is 5.55. The molecule has 0 bridgehead atoms. The molecule has 1 aliphatic heterocycles. The highest BCUT2D eigenvalue weighted by Crippen LogP contribution is 2.08. The minimum Gasteiger partial charge on any atom is -0.322 e. The Hall–Kier alpha value is -2.50. The molecule has 134 valence electrons. The van der Waals surface area contributed by atoms with Crippen molar-refractivity contribution in [3.63, 3.8) is 0 Å². The van der Waals surface area contributed by atoms with Crippen molar-refractivity contribution in [2.75, 3.05) is 26.2 Å². The molecule has 26 heavy (non-hydrogen) atoms. The number of quaternary nitrogens is 2. The molecule has 1 fully saturated rings. The highest BCUT2D eigenvalue weighted by Gasteiger charge is 2.29. The van der Waals surface area contributed by atoms with E-state index in [1.807, 2.05) is 24.3 Å². The predicted molar refractivity (Wildman–Crippen MR) is 102 cm³/mol. The number of piperazine rings is 1. The van der Waals surface area contributed by atoms with Crippen LogP contribution in [0, 0.1) is 0 Å². The number of aromatic amines is 1. The molecule has 1 aliphatic rings. The summed E-state index contributed by atoms with van der Waals surface area (Å²) in [5, 5.41) is 0.663. The molecule has 2 heterocycles. The first-order chi connectivity index (χ1) is 12.7. The largest absolute Gasteiger partial charge is 0.322 e. The maximum Gasteiger partial charge on any atom is 0.258 e. The fourth-order valence-electron chi connectivity index (χ4n) is 3.92. The number of benzene rings is 2. The summed E-state index contributed by atoms with van der Waals surface area (Å²) in [6, 6.07) is 18.5. The molecule has 1 saturated heterocycles. The van der Waals surface area contributed by atoms with Crippen LogP contribution in [0.15, 0.2) is 59.4 Å². The predicted octanol–water partition coefficient (Wildman–Crippen LogP) is -0.0323. The van der Waals surface area contributed by atoms with Crippen molar-refractivity contribution in [3.8, 4) is 0 Å². The Bertz CT molecular complexity index is 929. The summed E-state index contributed by atoms with van der Waals surface area (Å²) in [5.41, 5.74) is 2.15. The molecule has 0 saturated carbocycles. The summed E-state index contributed by atoms with van der Waals surface area (Å²) in [7, 11) is 0. The van der Waals surface area contributed by atoms with Crippen molar-refractivity contribution in [1.29, 1.82) is 0 Å². The lowest BCUT2D eigenvalue weighted by Crippen LogP contribution is -3.27. The van der Waals surface area contributed by atoms with Gasteiger partial charge in [0.15, 0.2) is 5.82 Å². The maximum atomic E-state index is 12.3. The van der Waals surface area contributed by atoms with E-state index in [0.29, 0.717) is 5.39 Å². The monoisotopic (exact) mass is 350 g/mol. The number of aromatic nitrogens is 2. The van der Waals surface area contributed by atoms with Crippen LogP contribution in [0.25, 0.3) is 10.9 Å². The Labute approximate surface area is 153 Å². The van der Waals surface area contributed by atoms with Gasteiger partial charge in [-0.2, -0.15) is 0 Å². The summed E-state index contributed by atoms with van der Waals surface area (Å²) in [5.74, 6) is 0.801. The van der Waals surface area contributed by atoms with Gasteiger partial charge in [-0.15, -0.1) is 0 Å². The Kier molecular flexibility index (Phi) is 4.82. The van der Waals surface area contributed by atoms with Crippen molar-refractivity contribution in [3.05, 3.63) is 76.3 Å². The van der Waals surface area contributed by atoms with Gasteiger partial charge in [0.2, 0.25) is 0 Å². The topological polar surface area (TPSA) is 54.6 Å². The van der Waals surface area contributed by atoms with E-state index in [4.69, 9.17) is 4.98 Å². The smallest absolute Gasteiger partial charge is 0.258 e. The van der Waals surface area contributed by atoms with Crippen molar-refractivity contribution in [2.24, 2.45) is 0 Å². The van der Waals surface area contributed by atoms with Crippen LogP contribution in [0.4, 0.5) is 0 Å². The maximum absolute atomic E-state index is 12.3. The average Bonchev–Trinajstić information content (AvgIpc) is 2.69. The Morgan fingerprint density at radius 1 is 1.00 bits per heavy atom. The van der Waals surface area contributed by atoms with Crippen LogP contribution in [0.2, 0.25) is 0 Å². The summed E-state index contributed by atoms with van der Waals surface area (Å²) in [6.45, 7) is 7.75. The molecule has 5 nitrogen and oxygen atoms in total. The van der Waals surface area contributed by atoms with E-state index in [2.05, 4.69) is 42.2 Å². The lowest BCUT2D eigenvalue weighted by atomic mass is 10.1. The van der Waals surface area contributed by atoms with Crippen LogP contribution in [0.5, 0.6) is 0 Å². The van der Waals surface area contributed by atoms with E-state index in [1.54, 1.807) is 4.90 Å². The number of fused-ring (bicyclic) bond motifs is 1. The zero-order chi connectivity index (χ0) is 17.9. The minimum absolute atomic E-state index is 0.0369. The lowest BCUT2D eigenvalue weighted by molar-refractivity contribution is -1.03. The molecular formula is C21H26N4O+2. The Balaban J connectivity index is 1.43. The molecule has 0 radical (unpaired) electrons. The molecule has 2 aromatic carbocycles. The SMILES string of the molecule is C[C@H](c1nc2ccccc2c(=O)[nH]1)[NH+]1CC[NH+](Cc2ccccc2)CC1. The van der Waals surface area contributed by atoms with Gasteiger partial charge in [-0.25, -0.2) is 4.98 Å². The van der Waals surface area contributed by atoms with Crippen LogP contribution in [0.1, 0.15) is 24.4 Å². The second kappa shape index (κ2) is 7.40. The molecule has 0 aliphatic carbocycles. The highest BCUT2D eigenvalue weighted by atomic mass is 16.1. The normalized spacial score (nSPS) is 21.6. The first kappa shape index (κ1) is 16.9. The molecule has 3 N–H and O–H groups in total. The van der Waals surface area contributed by atoms with E-state index in [9.17, 15) is 4.79 Å². The van der Waals surface area contributed by atoms with Gasteiger partial charge in [-0.05, 0) is 19.1 Å². The number of para-hydroxylation sites is 1. The van der Waals surface area contributed by atoms with Crippen molar-refractivity contribution in [1.82, 2.24) is 9.97 Å². The number of nitrogens with zero attached hydrogens (tertiary/aromatic N) is 1. The standard InChI is InChI=1S/C21H24N4O/c1-16(20-22-19-10-6-5-9-18(19)21(26)23-20)25-13-11-24(12-14-25)15-17-7-3-2-4-8-17/h2-10,16H,11-15H2,1H3,(H,22,23,26)/p+2/t16-/m1/s1. The summed E-state index contributed by atoms with van der Waals surface area (Å²) in [6.07, 6.45) is 0. The van der Waals surface area contributed by atoms with Gasteiger partial charge in [-0.3, -0.25) is 4.79 Å². The first-order valence-corrected chi connectivity index (χ1v) is 9.42. The molecule has 5 heteroatoms. The summed E-state index contributed by atoms with van der Waals surface area (Å²) >= 11 is 0. The molecule has 1 aromatic heterocycles. The van der Waals surface area contributed by atoms with Gasteiger partial charge in [0.1, 0.15) is 38.8 Å². The molecule has 3 aromatic rings. The van der Waals surface area contributed by atoms with Crippen LogP contribution in [-0.2, 0) is 6.54 Å². The van der Waals surface area contributed by atoms with Gasteiger partial charge in [0, 0.05) is 5.56 Å². The van der Waals surface area contributed by atoms with Crippen LogP contribution < -0.4 is 15.4 Å². The lowest BCUT2D eigenvalue weighted by Gasteiger charge is -2.32. The van der Waals surface area contributed by atoms with Crippen molar-refractivity contribution in [2.45, 2.75) is 19.5 Å². The van der Waals surface area contributed by atoms with Crippen molar-refractivity contribution >= 4 is 10.9 Å². The quantitative estimate of drug-likeness (QED) is 0.619. The summed E-state index contributed by atoms with van der Waals surface area (Å²) in [4.78, 5) is 23.2. The van der Waals surface area contributed by atoms with Gasteiger partial charge in [0.25, 0.3) is 5.56 Å². The van der Waals surface area contributed by atoms with Gasteiger partial charge >= 0.3 is 0 Å². The molecule has 0 unspecified atom stereocenters. The van der Waals surface area contributed by atoms with Gasteiger partial charge < -0.3 is 14.8 Å². The molecular weight excluding hydrogens is 324 g/mol. The summed E-state index contributed by atoms with van der Waals surface area (Å²) < 4.78 is 0. The molecule has 0 amide bonds. The van der Waals surface area contributed by atoms with Crippen LogP contribution in [-0.4, -0.2) is 36.1 Å². The molecule has 4 rings (SSSR count). The molecule has 1 atom stereocenters. The van der Waals surface area contributed by atoms with Gasteiger partial charge in [-0.1, -0.05) is 42.5 Å². The number of rotatable bonds is 4. The Morgan fingerprint density at radius 3 is 2.46 bits per heavy atom. The first-order valence-electron chi connectivity index (χ1n) is 9.42. The van der Waals surface area contributed by atoms with E-state index >= 15 is 0 Å².